The molecular weight excluding hydrogens is 222 g/mol. The molecule has 0 N–H and O–H groups in total. The summed E-state index contributed by atoms with van der Waals surface area (Å²) in [5.41, 5.74) is 1.79. The number of benzene rings is 1. The molecule has 0 fully saturated rings. The van der Waals surface area contributed by atoms with Crippen molar-refractivity contribution >= 4 is 0 Å². The molecule has 0 radical (unpaired) electrons. The van der Waals surface area contributed by atoms with Crippen molar-refractivity contribution in [2.45, 2.75) is 46.1 Å². The van der Waals surface area contributed by atoms with Crippen molar-refractivity contribution in [2.75, 3.05) is 6.61 Å². The fraction of sp³-hybridized carbons (Fsp3) is 0.562. The Kier molecular flexibility index (Phi) is 7.13. The van der Waals surface area contributed by atoms with E-state index in [2.05, 4.69) is 19.9 Å². The van der Waals surface area contributed by atoms with E-state index in [-0.39, 0.29) is 0 Å². The number of ether oxygens (including phenoxy) is 1. The van der Waals surface area contributed by atoms with Gasteiger partial charge in [0, 0.05) is 6.61 Å². The van der Waals surface area contributed by atoms with Crippen LogP contribution in [0.5, 0.6) is 0 Å². The smallest absolute Gasteiger partial charge is 0.0991 e. The van der Waals surface area contributed by atoms with Crippen molar-refractivity contribution in [2.24, 2.45) is 5.92 Å². The molecule has 0 bridgehead atoms. The quantitative estimate of drug-likeness (QED) is 0.684. The van der Waals surface area contributed by atoms with Crippen molar-refractivity contribution in [3.63, 3.8) is 0 Å². The highest BCUT2D eigenvalue weighted by Crippen LogP contribution is 2.14. The number of unbranched alkanes of at least 4 members (excludes halogenated alkanes) is 1. The van der Waals surface area contributed by atoms with Crippen molar-refractivity contribution < 1.29 is 4.74 Å². The van der Waals surface area contributed by atoms with E-state index >= 15 is 0 Å². The van der Waals surface area contributed by atoms with E-state index in [4.69, 9.17) is 10.00 Å². The van der Waals surface area contributed by atoms with E-state index in [0.717, 1.165) is 12.2 Å². The summed E-state index contributed by atoms with van der Waals surface area (Å²) >= 11 is 0. The molecule has 2 heteroatoms. The van der Waals surface area contributed by atoms with Gasteiger partial charge < -0.3 is 4.74 Å². The van der Waals surface area contributed by atoms with Crippen LogP contribution in [0.25, 0.3) is 0 Å². The Hall–Kier alpha value is -1.33. The third kappa shape index (κ3) is 5.33. The van der Waals surface area contributed by atoms with Gasteiger partial charge >= 0.3 is 0 Å². The summed E-state index contributed by atoms with van der Waals surface area (Å²) in [6.07, 6.45) is 4.97. The molecule has 0 spiro atoms. The van der Waals surface area contributed by atoms with Crippen LogP contribution in [-0.4, -0.2) is 6.61 Å². The summed E-state index contributed by atoms with van der Waals surface area (Å²) in [6.45, 7) is 5.88. The molecule has 0 aliphatic carbocycles. The lowest BCUT2D eigenvalue weighted by Gasteiger charge is -2.14. The van der Waals surface area contributed by atoms with Crippen LogP contribution in [0.3, 0.4) is 0 Å². The standard InChI is InChI=1S/C16H23NO/c1-3-5-7-14(4-2)12-18-13-16-9-6-8-15(10-16)11-17/h6,8-10,14H,3-5,7,12-13H2,1-2H3. The molecule has 0 aliphatic rings. The fourth-order valence-corrected chi connectivity index (χ4v) is 1.97. The van der Waals surface area contributed by atoms with E-state index in [1.165, 1.54) is 25.7 Å². The normalized spacial score (nSPS) is 12.1. The zero-order valence-corrected chi connectivity index (χ0v) is 11.5. The first-order valence-electron chi connectivity index (χ1n) is 6.86. The molecule has 0 saturated heterocycles. The maximum Gasteiger partial charge on any atom is 0.0991 e. The lowest BCUT2D eigenvalue weighted by atomic mass is 10.0. The predicted octanol–water partition coefficient (Wildman–Crippen LogP) is 4.29. The SMILES string of the molecule is CCCCC(CC)COCc1cccc(C#N)c1. The van der Waals surface area contributed by atoms with Gasteiger partial charge in [0.25, 0.3) is 0 Å². The zero-order valence-electron chi connectivity index (χ0n) is 11.5. The van der Waals surface area contributed by atoms with Gasteiger partial charge in [0.1, 0.15) is 0 Å². The number of hydrogen-bond donors (Lipinski definition) is 0. The Morgan fingerprint density at radius 2 is 2.17 bits per heavy atom. The largest absolute Gasteiger partial charge is 0.376 e. The van der Waals surface area contributed by atoms with E-state index in [1.54, 1.807) is 0 Å². The van der Waals surface area contributed by atoms with Crippen molar-refractivity contribution in [3.05, 3.63) is 35.4 Å². The molecule has 1 atom stereocenters. The number of nitrogens with zero attached hydrogens (tertiary/aromatic N) is 1. The van der Waals surface area contributed by atoms with Gasteiger partial charge in [0.15, 0.2) is 0 Å². The van der Waals surface area contributed by atoms with Crippen LogP contribution < -0.4 is 0 Å². The van der Waals surface area contributed by atoms with Gasteiger partial charge in [0.2, 0.25) is 0 Å². The second-order valence-electron chi connectivity index (χ2n) is 4.74. The van der Waals surface area contributed by atoms with Crippen LogP contribution in [0.1, 0.15) is 50.7 Å². The van der Waals surface area contributed by atoms with Gasteiger partial charge in [-0.1, -0.05) is 45.2 Å². The third-order valence-electron chi connectivity index (χ3n) is 3.22. The lowest BCUT2D eigenvalue weighted by molar-refractivity contribution is 0.0820. The first-order valence-corrected chi connectivity index (χ1v) is 6.86. The molecule has 98 valence electrons. The molecule has 1 aromatic carbocycles. The van der Waals surface area contributed by atoms with Crippen LogP contribution in [0.2, 0.25) is 0 Å². The topological polar surface area (TPSA) is 33.0 Å². The van der Waals surface area contributed by atoms with Gasteiger partial charge in [-0.05, 0) is 30.0 Å². The Balaban J connectivity index is 2.33. The Morgan fingerprint density at radius 3 is 2.83 bits per heavy atom. The number of rotatable bonds is 8. The highest BCUT2D eigenvalue weighted by atomic mass is 16.5. The van der Waals surface area contributed by atoms with Gasteiger partial charge in [-0.25, -0.2) is 0 Å². The molecule has 0 amide bonds. The van der Waals surface area contributed by atoms with Gasteiger partial charge in [-0.15, -0.1) is 0 Å². The fourth-order valence-electron chi connectivity index (χ4n) is 1.97. The van der Waals surface area contributed by atoms with E-state index in [0.29, 0.717) is 18.1 Å². The first kappa shape index (κ1) is 14.7. The summed E-state index contributed by atoms with van der Waals surface area (Å²) in [7, 11) is 0. The van der Waals surface area contributed by atoms with Gasteiger partial charge in [-0.2, -0.15) is 5.26 Å². The molecule has 1 aromatic rings. The molecule has 2 nitrogen and oxygen atoms in total. The van der Waals surface area contributed by atoms with Crippen LogP contribution in [0.15, 0.2) is 24.3 Å². The van der Waals surface area contributed by atoms with E-state index < -0.39 is 0 Å². The van der Waals surface area contributed by atoms with Crippen molar-refractivity contribution in [1.82, 2.24) is 0 Å². The van der Waals surface area contributed by atoms with E-state index in [9.17, 15) is 0 Å². The maximum absolute atomic E-state index is 8.82. The molecule has 0 aromatic heterocycles. The van der Waals surface area contributed by atoms with Gasteiger partial charge in [0.05, 0.1) is 18.2 Å². The Bertz CT molecular complexity index is 381. The molecule has 0 heterocycles. The Morgan fingerprint density at radius 1 is 1.33 bits per heavy atom. The molecular formula is C16H23NO. The van der Waals surface area contributed by atoms with Gasteiger partial charge in [-0.3, -0.25) is 0 Å². The summed E-state index contributed by atoms with van der Waals surface area (Å²) < 4.78 is 5.76. The predicted molar refractivity (Wildman–Crippen MR) is 74.1 cm³/mol. The Labute approximate surface area is 111 Å². The minimum atomic E-state index is 0.609. The highest BCUT2D eigenvalue weighted by molar-refractivity contribution is 5.32. The molecule has 0 saturated carbocycles. The average molecular weight is 245 g/mol. The average Bonchev–Trinajstić information content (AvgIpc) is 2.43. The van der Waals surface area contributed by atoms with E-state index in [1.807, 2.05) is 24.3 Å². The number of nitriles is 1. The monoisotopic (exact) mass is 245 g/mol. The maximum atomic E-state index is 8.82. The van der Waals surface area contributed by atoms with Crippen LogP contribution in [0.4, 0.5) is 0 Å². The summed E-state index contributed by atoms with van der Waals surface area (Å²) in [5.74, 6) is 0.670. The minimum Gasteiger partial charge on any atom is -0.376 e. The summed E-state index contributed by atoms with van der Waals surface area (Å²) in [5, 5.41) is 8.82. The van der Waals surface area contributed by atoms with Crippen LogP contribution in [-0.2, 0) is 11.3 Å². The van der Waals surface area contributed by atoms with Crippen LogP contribution in [0, 0.1) is 17.2 Å². The van der Waals surface area contributed by atoms with Crippen LogP contribution >= 0.6 is 0 Å². The lowest BCUT2D eigenvalue weighted by Crippen LogP contribution is -2.08. The van der Waals surface area contributed by atoms with Crippen molar-refractivity contribution in [3.8, 4) is 6.07 Å². The summed E-state index contributed by atoms with van der Waals surface area (Å²) in [4.78, 5) is 0. The minimum absolute atomic E-state index is 0.609. The second-order valence-corrected chi connectivity index (χ2v) is 4.74. The molecule has 1 unspecified atom stereocenters. The second kappa shape index (κ2) is 8.72. The summed E-state index contributed by atoms with van der Waals surface area (Å²) in [6, 6.07) is 9.78. The number of hydrogen-bond acceptors (Lipinski definition) is 2. The third-order valence-corrected chi connectivity index (χ3v) is 3.22. The zero-order chi connectivity index (χ0) is 13.2. The molecule has 1 rings (SSSR count). The van der Waals surface area contributed by atoms with Crippen molar-refractivity contribution in [1.29, 1.82) is 5.26 Å². The molecule has 0 aliphatic heterocycles. The molecule has 18 heavy (non-hydrogen) atoms. The highest BCUT2D eigenvalue weighted by Gasteiger charge is 2.06. The first-order chi connectivity index (χ1) is 8.80.